The average Bonchev–Trinajstić information content (AvgIpc) is 3.02. The summed E-state index contributed by atoms with van der Waals surface area (Å²) in [4.78, 5) is 26.9. The average molecular weight is 412 g/mol. The number of hydrogen-bond donors (Lipinski definition) is 0. The van der Waals surface area contributed by atoms with Crippen molar-refractivity contribution in [3.8, 4) is 11.5 Å². The first-order valence-electron chi connectivity index (χ1n) is 9.75. The van der Waals surface area contributed by atoms with E-state index in [0.29, 0.717) is 28.7 Å². The van der Waals surface area contributed by atoms with Gasteiger partial charge >= 0.3 is 0 Å². The molecule has 0 aromatic heterocycles. The van der Waals surface area contributed by atoms with Crippen LogP contribution in [0.4, 0.5) is 10.5 Å². The van der Waals surface area contributed by atoms with Gasteiger partial charge in [-0.25, -0.2) is 4.90 Å². The fourth-order valence-corrected chi connectivity index (χ4v) is 3.78. The lowest BCUT2D eigenvalue weighted by molar-refractivity contribution is -0.113. The molecule has 2 aromatic rings. The molecule has 1 aliphatic rings. The summed E-state index contributed by atoms with van der Waals surface area (Å²) in [7, 11) is 1.58. The third kappa shape index (κ3) is 4.82. The zero-order valence-electron chi connectivity index (χ0n) is 16.9. The summed E-state index contributed by atoms with van der Waals surface area (Å²) in [5, 5.41) is -0.294. The second kappa shape index (κ2) is 9.65. The van der Waals surface area contributed by atoms with E-state index in [1.807, 2.05) is 42.5 Å². The Morgan fingerprint density at radius 3 is 2.45 bits per heavy atom. The Hall–Kier alpha value is -2.73. The third-order valence-corrected chi connectivity index (χ3v) is 5.51. The van der Waals surface area contributed by atoms with E-state index in [9.17, 15) is 9.59 Å². The first kappa shape index (κ1) is 21.0. The lowest BCUT2D eigenvalue weighted by atomic mass is 10.1. The second-order valence-electron chi connectivity index (χ2n) is 6.65. The van der Waals surface area contributed by atoms with Crippen molar-refractivity contribution in [2.75, 3.05) is 18.6 Å². The summed E-state index contributed by atoms with van der Waals surface area (Å²) in [6.07, 6.45) is 4.64. The fraction of sp³-hybridized carbons (Fsp3) is 0.304. The van der Waals surface area contributed by atoms with Crippen molar-refractivity contribution >= 4 is 34.7 Å². The molecule has 2 amide bonds. The van der Waals surface area contributed by atoms with E-state index in [2.05, 4.69) is 13.8 Å². The molecule has 0 aliphatic carbocycles. The van der Waals surface area contributed by atoms with E-state index in [0.717, 1.165) is 42.2 Å². The maximum absolute atomic E-state index is 12.8. The first-order valence-corrected chi connectivity index (χ1v) is 10.6. The Kier molecular flexibility index (Phi) is 6.99. The van der Waals surface area contributed by atoms with Crippen LogP contribution >= 0.6 is 11.8 Å². The number of imide groups is 1. The van der Waals surface area contributed by atoms with Gasteiger partial charge in [0.15, 0.2) is 11.5 Å². The topological polar surface area (TPSA) is 55.8 Å². The van der Waals surface area contributed by atoms with Gasteiger partial charge in [0, 0.05) is 0 Å². The van der Waals surface area contributed by atoms with Crippen LogP contribution in [0.25, 0.3) is 6.08 Å². The van der Waals surface area contributed by atoms with Crippen LogP contribution in [0, 0.1) is 0 Å². The number of anilines is 1. The number of ether oxygens (including phenoxy) is 2. The molecule has 6 heteroatoms. The number of nitrogens with zero attached hydrogens (tertiary/aromatic N) is 1. The minimum absolute atomic E-state index is 0.294. The Bertz CT molecular complexity index is 921. The maximum atomic E-state index is 12.8. The monoisotopic (exact) mass is 411 g/mol. The second-order valence-corrected chi connectivity index (χ2v) is 7.64. The van der Waals surface area contributed by atoms with Gasteiger partial charge in [0.05, 0.1) is 24.3 Å². The highest BCUT2D eigenvalue weighted by molar-refractivity contribution is 8.19. The Balaban J connectivity index is 1.81. The van der Waals surface area contributed by atoms with Crippen molar-refractivity contribution in [1.82, 2.24) is 0 Å². The molecule has 29 heavy (non-hydrogen) atoms. The molecule has 0 atom stereocenters. The molecule has 1 fully saturated rings. The molecule has 152 valence electrons. The molecule has 1 heterocycles. The van der Waals surface area contributed by atoms with Crippen LogP contribution in [-0.2, 0) is 11.2 Å². The summed E-state index contributed by atoms with van der Waals surface area (Å²) in [6, 6.07) is 13.0. The highest BCUT2D eigenvalue weighted by atomic mass is 32.2. The molecule has 0 N–H and O–H groups in total. The number of aryl methyl sites for hydroxylation is 1. The van der Waals surface area contributed by atoms with Crippen molar-refractivity contribution in [3.05, 3.63) is 58.5 Å². The zero-order chi connectivity index (χ0) is 20.8. The van der Waals surface area contributed by atoms with Crippen LogP contribution in [0.3, 0.4) is 0 Å². The Labute approximate surface area is 175 Å². The largest absolute Gasteiger partial charge is 0.493 e. The summed E-state index contributed by atoms with van der Waals surface area (Å²) in [5.74, 6) is 0.956. The van der Waals surface area contributed by atoms with Crippen molar-refractivity contribution < 1.29 is 19.1 Å². The molecule has 0 bridgehead atoms. The lowest BCUT2D eigenvalue weighted by Crippen LogP contribution is -2.27. The summed E-state index contributed by atoms with van der Waals surface area (Å²) < 4.78 is 11.2. The van der Waals surface area contributed by atoms with Gasteiger partial charge in [-0.15, -0.1) is 0 Å². The molecule has 0 radical (unpaired) electrons. The lowest BCUT2D eigenvalue weighted by Gasteiger charge is -2.13. The van der Waals surface area contributed by atoms with E-state index in [1.54, 1.807) is 13.2 Å². The SMILES string of the molecule is CCCCOc1ccc(/C=C2\SC(=O)N(c3ccc(CC)cc3)C2=O)cc1OC. The summed E-state index contributed by atoms with van der Waals surface area (Å²) >= 11 is 0.942. The molecular formula is C23H25NO4S. The highest BCUT2D eigenvalue weighted by Crippen LogP contribution is 2.37. The number of hydrogen-bond acceptors (Lipinski definition) is 5. The molecule has 2 aromatic carbocycles. The number of benzene rings is 2. The van der Waals surface area contributed by atoms with Gasteiger partial charge < -0.3 is 9.47 Å². The normalized spacial score (nSPS) is 15.3. The van der Waals surface area contributed by atoms with E-state index in [1.165, 1.54) is 4.90 Å². The smallest absolute Gasteiger partial charge is 0.298 e. The van der Waals surface area contributed by atoms with Crippen molar-refractivity contribution in [2.45, 2.75) is 33.1 Å². The molecule has 1 saturated heterocycles. The van der Waals surface area contributed by atoms with Gasteiger partial charge in [-0.2, -0.15) is 0 Å². The van der Waals surface area contributed by atoms with Crippen molar-refractivity contribution in [2.24, 2.45) is 0 Å². The van der Waals surface area contributed by atoms with E-state index in [-0.39, 0.29) is 11.1 Å². The van der Waals surface area contributed by atoms with Crippen LogP contribution < -0.4 is 14.4 Å². The minimum Gasteiger partial charge on any atom is -0.493 e. The van der Waals surface area contributed by atoms with Crippen molar-refractivity contribution in [1.29, 1.82) is 0 Å². The fourth-order valence-electron chi connectivity index (χ4n) is 2.94. The van der Waals surface area contributed by atoms with Gasteiger partial charge in [-0.1, -0.05) is 38.5 Å². The molecule has 1 aliphatic heterocycles. The molecule has 0 unspecified atom stereocenters. The number of methoxy groups -OCH3 is 1. The van der Waals surface area contributed by atoms with Crippen LogP contribution in [0.15, 0.2) is 47.4 Å². The van der Waals surface area contributed by atoms with Crippen LogP contribution in [-0.4, -0.2) is 24.9 Å². The summed E-state index contributed by atoms with van der Waals surface area (Å²) in [6.45, 7) is 4.79. The predicted molar refractivity (Wildman–Crippen MR) is 118 cm³/mol. The molecule has 3 rings (SSSR count). The van der Waals surface area contributed by atoms with Gasteiger partial charge in [-0.3, -0.25) is 9.59 Å². The standard InChI is InChI=1S/C23H25NO4S/c1-4-6-13-28-19-12-9-17(14-20(19)27-3)15-21-22(25)24(23(26)29-21)18-10-7-16(5-2)8-11-18/h7-12,14-15H,4-6,13H2,1-3H3/b21-15-. The first-order chi connectivity index (χ1) is 14.1. The maximum Gasteiger partial charge on any atom is 0.298 e. The van der Waals surface area contributed by atoms with E-state index >= 15 is 0 Å². The van der Waals surface area contributed by atoms with E-state index < -0.39 is 0 Å². The van der Waals surface area contributed by atoms with Gasteiger partial charge in [0.1, 0.15) is 0 Å². The number of carbonyl (C=O) groups is 2. The highest BCUT2D eigenvalue weighted by Gasteiger charge is 2.36. The molecule has 5 nitrogen and oxygen atoms in total. The van der Waals surface area contributed by atoms with Gasteiger partial charge in [0.25, 0.3) is 11.1 Å². The van der Waals surface area contributed by atoms with Crippen LogP contribution in [0.5, 0.6) is 11.5 Å². The number of amides is 2. The summed E-state index contributed by atoms with van der Waals surface area (Å²) in [5.41, 5.74) is 2.52. The number of carbonyl (C=O) groups excluding carboxylic acids is 2. The van der Waals surface area contributed by atoms with Gasteiger partial charge in [-0.05, 0) is 66.1 Å². The van der Waals surface area contributed by atoms with Gasteiger partial charge in [0.2, 0.25) is 0 Å². The third-order valence-electron chi connectivity index (χ3n) is 4.64. The minimum atomic E-state index is -0.313. The molecular weight excluding hydrogens is 386 g/mol. The molecule has 0 saturated carbocycles. The number of rotatable bonds is 8. The van der Waals surface area contributed by atoms with Crippen LogP contribution in [0.2, 0.25) is 0 Å². The Morgan fingerprint density at radius 1 is 1.03 bits per heavy atom. The molecule has 0 spiro atoms. The van der Waals surface area contributed by atoms with E-state index in [4.69, 9.17) is 9.47 Å². The zero-order valence-corrected chi connectivity index (χ0v) is 17.8. The number of unbranched alkanes of at least 4 members (excludes halogenated alkanes) is 1. The quantitative estimate of drug-likeness (QED) is 0.413. The van der Waals surface area contributed by atoms with Crippen molar-refractivity contribution in [3.63, 3.8) is 0 Å². The Morgan fingerprint density at radius 2 is 1.79 bits per heavy atom. The predicted octanol–water partition coefficient (Wildman–Crippen LogP) is 5.68. The number of thioether (sulfide) groups is 1. The van der Waals surface area contributed by atoms with Crippen LogP contribution in [0.1, 0.15) is 37.8 Å².